The molecule has 0 aliphatic carbocycles. The lowest BCUT2D eigenvalue weighted by atomic mass is 10.2. The summed E-state index contributed by atoms with van der Waals surface area (Å²) in [4.78, 5) is 4.14. The molecule has 0 spiro atoms. The van der Waals surface area contributed by atoms with Gasteiger partial charge in [-0.1, -0.05) is 5.16 Å². The molecule has 2 N–H and O–H groups in total. The Bertz CT molecular complexity index is 831. The van der Waals surface area contributed by atoms with Gasteiger partial charge >= 0.3 is 6.18 Å². The van der Waals surface area contributed by atoms with Gasteiger partial charge in [0.25, 0.3) is 0 Å². The minimum Gasteiger partial charge on any atom is -0.360 e. The minimum atomic E-state index is -4.37. The molecular weight excluding hydrogens is 325 g/mol. The maximum absolute atomic E-state index is 12.5. The van der Waals surface area contributed by atoms with Gasteiger partial charge in [-0.05, 0) is 31.2 Å². The number of anilines is 4. The van der Waals surface area contributed by atoms with E-state index < -0.39 is 11.7 Å². The van der Waals surface area contributed by atoms with Gasteiger partial charge in [0.05, 0.1) is 11.8 Å². The van der Waals surface area contributed by atoms with Gasteiger partial charge in [0, 0.05) is 11.8 Å². The van der Waals surface area contributed by atoms with E-state index in [9.17, 15) is 13.2 Å². The zero-order chi connectivity index (χ0) is 17.2. The number of nitrogens with one attached hydrogen (secondary N) is 2. The SMILES string of the molecule is Cc1cc(Nc2nncc(Nc3ccc(C(F)(F)F)cc3)n2)no1. The molecule has 124 valence electrons. The predicted molar refractivity (Wildman–Crippen MR) is 79.1 cm³/mol. The van der Waals surface area contributed by atoms with Crippen molar-refractivity contribution in [3.8, 4) is 0 Å². The van der Waals surface area contributed by atoms with Crippen molar-refractivity contribution >= 4 is 23.3 Å². The van der Waals surface area contributed by atoms with Crippen LogP contribution in [0.3, 0.4) is 0 Å². The Labute approximate surface area is 133 Å². The van der Waals surface area contributed by atoms with Gasteiger partial charge < -0.3 is 15.2 Å². The second-order valence-electron chi connectivity index (χ2n) is 4.81. The van der Waals surface area contributed by atoms with E-state index in [1.807, 2.05) is 0 Å². The quantitative estimate of drug-likeness (QED) is 0.751. The maximum atomic E-state index is 12.5. The second-order valence-corrected chi connectivity index (χ2v) is 4.81. The van der Waals surface area contributed by atoms with Gasteiger partial charge in [0.1, 0.15) is 5.76 Å². The summed E-state index contributed by atoms with van der Waals surface area (Å²) in [5.41, 5.74) is -0.288. The Morgan fingerprint density at radius 1 is 1.04 bits per heavy atom. The Balaban J connectivity index is 1.72. The number of halogens is 3. The number of nitrogens with zero attached hydrogens (tertiary/aromatic N) is 4. The van der Waals surface area contributed by atoms with Crippen LogP contribution < -0.4 is 10.6 Å². The highest BCUT2D eigenvalue weighted by Crippen LogP contribution is 2.30. The molecule has 10 heteroatoms. The fourth-order valence-electron chi connectivity index (χ4n) is 1.85. The van der Waals surface area contributed by atoms with E-state index in [1.165, 1.54) is 18.3 Å². The molecule has 0 bridgehead atoms. The summed E-state index contributed by atoms with van der Waals surface area (Å²) >= 11 is 0. The van der Waals surface area contributed by atoms with Crippen LogP contribution in [0.1, 0.15) is 11.3 Å². The maximum Gasteiger partial charge on any atom is 0.416 e. The van der Waals surface area contributed by atoms with Crippen LogP contribution in [-0.2, 0) is 6.18 Å². The molecule has 0 radical (unpaired) electrons. The molecule has 2 heterocycles. The van der Waals surface area contributed by atoms with E-state index in [2.05, 4.69) is 31.0 Å². The van der Waals surface area contributed by atoms with Gasteiger partial charge in [-0.25, -0.2) is 0 Å². The monoisotopic (exact) mass is 336 g/mol. The summed E-state index contributed by atoms with van der Waals surface area (Å²) in [6.07, 6.45) is -3.03. The number of aromatic nitrogens is 4. The summed E-state index contributed by atoms with van der Waals surface area (Å²) in [5, 5.41) is 16.9. The van der Waals surface area contributed by atoms with Crippen molar-refractivity contribution in [2.45, 2.75) is 13.1 Å². The highest BCUT2D eigenvalue weighted by atomic mass is 19.4. The van der Waals surface area contributed by atoms with Crippen LogP contribution in [0.5, 0.6) is 0 Å². The summed E-state index contributed by atoms with van der Waals surface area (Å²) in [6.45, 7) is 1.74. The van der Waals surface area contributed by atoms with Crippen molar-refractivity contribution in [1.82, 2.24) is 20.3 Å². The molecule has 0 fully saturated rings. The number of hydrogen-bond donors (Lipinski definition) is 2. The average molecular weight is 336 g/mol. The highest BCUT2D eigenvalue weighted by Gasteiger charge is 2.29. The van der Waals surface area contributed by atoms with Crippen molar-refractivity contribution in [2.24, 2.45) is 0 Å². The zero-order valence-electron chi connectivity index (χ0n) is 12.3. The van der Waals surface area contributed by atoms with Crippen LogP contribution in [0.2, 0.25) is 0 Å². The lowest BCUT2D eigenvalue weighted by Crippen LogP contribution is -2.05. The summed E-state index contributed by atoms with van der Waals surface area (Å²) < 4.78 is 42.5. The molecule has 0 amide bonds. The molecule has 7 nitrogen and oxygen atoms in total. The van der Waals surface area contributed by atoms with Gasteiger partial charge in [-0.15, -0.1) is 5.10 Å². The van der Waals surface area contributed by atoms with Crippen molar-refractivity contribution < 1.29 is 17.7 Å². The van der Waals surface area contributed by atoms with Gasteiger partial charge in [-0.2, -0.15) is 23.3 Å². The first-order valence-electron chi connectivity index (χ1n) is 6.74. The van der Waals surface area contributed by atoms with Crippen LogP contribution in [0.4, 0.5) is 36.4 Å². The Morgan fingerprint density at radius 2 is 1.79 bits per heavy atom. The number of hydrogen-bond acceptors (Lipinski definition) is 7. The molecular formula is C14H11F3N6O. The van der Waals surface area contributed by atoms with E-state index >= 15 is 0 Å². The standard InChI is InChI=1S/C14H11F3N6O/c1-8-6-11(23-24-8)20-13-21-12(7-18-22-13)19-10-4-2-9(3-5-10)14(15,16)17/h2-7H,1H3,(H2,19,20,21,22,23). The van der Waals surface area contributed by atoms with Crippen LogP contribution in [0.15, 0.2) is 41.1 Å². The van der Waals surface area contributed by atoms with Crippen molar-refractivity contribution in [2.75, 3.05) is 10.6 Å². The first kappa shape index (κ1) is 15.7. The Hall–Kier alpha value is -3.17. The van der Waals surface area contributed by atoms with E-state index in [-0.39, 0.29) is 5.95 Å². The molecule has 0 atom stereocenters. The summed E-state index contributed by atoms with van der Waals surface area (Å²) in [5.74, 6) is 1.51. The molecule has 0 saturated heterocycles. The molecule has 0 aliphatic heterocycles. The molecule has 1 aromatic carbocycles. The number of aryl methyl sites for hydroxylation is 1. The van der Waals surface area contributed by atoms with Crippen molar-refractivity contribution in [1.29, 1.82) is 0 Å². The normalized spacial score (nSPS) is 11.3. The number of benzene rings is 1. The smallest absolute Gasteiger partial charge is 0.360 e. The van der Waals surface area contributed by atoms with Crippen LogP contribution in [-0.4, -0.2) is 20.3 Å². The second kappa shape index (κ2) is 6.14. The van der Waals surface area contributed by atoms with Crippen molar-refractivity contribution in [3.63, 3.8) is 0 Å². The Kier molecular flexibility index (Phi) is 4.02. The minimum absolute atomic E-state index is 0.167. The molecule has 0 unspecified atom stereocenters. The molecule has 3 aromatic rings. The fourth-order valence-corrected chi connectivity index (χ4v) is 1.85. The topological polar surface area (TPSA) is 88.8 Å². The number of alkyl halides is 3. The highest BCUT2D eigenvalue weighted by molar-refractivity contribution is 5.57. The van der Waals surface area contributed by atoms with Crippen LogP contribution in [0.25, 0.3) is 0 Å². The third-order valence-electron chi connectivity index (χ3n) is 2.91. The van der Waals surface area contributed by atoms with Gasteiger partial charge in [0.2, 0.25) is 5.95 Å². The Morgan fingerprint density at radius 3 is 2.42 bits per heavy atom. The van der Waals surface area contributed by atoms with Gasteiger partial charge in [-0.3, -0.25) is 0 Å². The summed E-state index contributed by atoms with van der Waals surface area (Å²) in [6, 6.07) is 6.22. The fraction of sp³-hybridized carbons (Fsp3) is 0.143. The third-order valence-corrected chi connectivity index (χ3v) is 2.91. The molecule has 2 aromatic heterocycles. The molecule has 3 rings (SSSR count). The molecule has 0 aliphatic rings. The predicted octanol–water partition coefficient (Wildman–Crippen LogP) is 3.67. The van der Waals surface area contributed by atoms with Crippen LogP contribution >= 0.6 is 0 Å². The first-order chi connectivity index (χ1) is 11.4. The van der Waals surface area contributed by atoms with E-state index in [1.54, 1.807) is 13.0 Å². The van der Waals surface area contributed by atoms with E-state index in [0.29, 0.717) is 23.1 Å². The zero-order valence-corrected chi connectivity index (χ0v) is 12.3. The summed E-state index contributed by atoms with van der Waals surface area (Å²) in [7, 11) is 0. The lowest BCUT2D eigenvalue weighted by Gasteiger charge is -2.09. The third kappa shape index (κ3) is 3.77. The van der Waals surface area contributed by atoms with Crippen molar-refractivity contribution in [3.05, 3.63) is 47.9 Å². The van der Waals surface area contributed by atoms with Gasteiger partial charge in [0.15, 0.2) is 11.6 Å². The van der Waals surface area contributed by atoms with E-state index in [4.69, 9.17) is 4.52 Å². The van der Waals surface area contributed by atoms with E-state index in [0.717, 1.165) is 12.1 Å². The molecule has 24 heavy (non-hydrogen) atoms. The average Bonchev–Trinajstić information content (AvgIpc) is 2.92. The molecule has 0 saturated carbocycles. The van der Waals surface area contributed by atoms with Crippen LogP contribution in [0, 0.1) is 6.92 Å². The number of rotatable bonds is 4. The lowest BCUT2D eigenvalue weighted by molar-refractivity contribution is -0.137. The largest absolute Gasteiger partial charge is 0.416 e. The first-order valence-corrected chi connectivity index (χ1v) is 6.74.